The average molecular weight is 287 g/mol. The summed E-state index contributed by atoms with van der Waals surface area (Å²) in [7, 11) is 0. The molecule has 1 amide bonds. The Morgan fingerprint density at radius 2 is 2.21 bits per heavy atom. The molecule has 0 spiro atoms. The molecule has 2 rings (SSSR count). The Balaban J connectivity index is 0.00000180. The van der Waals surface area contributed by atoms with Crippen molar-refractivity contribution in [3.8, 4) is 0 Å². The molecule has 1 fully saturated rings. The molecule has 0 aliphatic carbocycles. The second kappa shape index (κ2) is 8.12. The highest BCUT2D eigenvalue weighted by atomic mass is 35.5. The van der Waals surface area contributed by atoms with Gasteiger partial charge >= 0.3 is 0 Å². The second-order valence-corrected chi connectivity index (χ2v) is 4.68. The highest BCUT2D eigenvalue weighted by molar-refractivity contribution is 5.85. The number of carbonyl (C=O) groups is 1. The van der Waals surface area contributed by atoms with E-state index in [0.717, 1.165) is 25.9 Å². The SMILES string of the molecule is Cl.O=C(NCCc1ccccc1F)C1CCCNC1. The molecule has 0 bridgehead atoms. The minimum absolute atomic E-state index is 0. The van der Waals surface area contributed by atoms with Gasteiger partial charge in [0.1, 0.15) is 5.82 Å². The lowest BCUT2D eigenvalue weighted by Crippen LogP contribution is -2.41. The molecule has 0 aromatic heterocycles. The summed E-state index contributed by atoms with van der Waals surface area (Å²) in [6.45, 7) is 2.25. The summed E-state index contributed by atoms with van der Waals surface area (Å²) in [5.41, 5.74) is 0.652. The average Bonchev–Trinajstić information content (AvgIpc) is 2.42. The molecule has 1 aliphatic heterocycles. The normalized spacial score (nSPS) is 18.5. The first-order chi connectivity index (χ1) is 8.77. The topological polar surface area (TPSA) is 41.1 Å². The fourth-order valence-corrected chi connectivity index (χ4v) is 2.24. The molecule has 2 N–H and O–H groups in total. The number of halogens is 2. The molecule has 0 radical (unpaired) electrons. The van der Waals surface area contributed by atoms with E-state index >= 15 is 0 Å². The summed E-state index contributed by atoms with van der Waals surface area (Å²) in [5, 5.41) is 6.09. The van der Waals surface area contributed by atoms with Gasteiger partial charge in [0.05, 0.1) is 5.92 Å². The summed E-state index contributed by atoms with van der Waals surface area (Å²) in [6.07, 6.45) is 2.53. The Morgan fingerprint density at radius 3 is 2.89 bits per heavy atom. The first-order valence-corrected chi connectivity index (χ1v) is 6.49. The van der Waals surface area contributed by atoms with Crippen molar-refractivity contribution in [2.75, 3.05) is 19.6 Å². The third-order valence-electron chi connectivity index (χ3n) is 3.32. The van der Waals surface area contributed by atoms with Crippen molar-refractivity contribution in [1.29, 1.82) is 0 Å². The fraction of sp³-hybridized carbons (Fsp3) is 0.500. The zero-order chi connectivity index (χ0) is 12.8. The van der Waals surface area contributed by atoms with Crippen LogP contribution in [0.1, 0.15) is 18.4 Å². The molecular formula is C14H20ClFN2O. The van der Waals surface area contributed by atoms with Gasteiger partial charge in [-0.25, -0.2) is 4.39 Å². The summed E-state index contributed by atoms with van der Waals surface area (Å²) in [4.78, 5) is 11.8. The van der Waals surface area contributed by atoms with Gasteiger partial charge in [0.15, 0.2) is 0 Å². The lowest BCUT2D eigenvalue weighted by Gasteiger charge is -2.21. The standard InChI is InChI=1S/C14H19FN2O.ClH/c15-13-6-2-1-4-11(13)7-9-17-14(18)12-5-3-8-16-10-12;/h1-2,4,6,12,16H,3,5,7-10H2,(H,17,18);1H. The predicted octanol–water partition coefficient (Wildman–Crippen LogP) is 1.91. The quantitative estimate of drug-likeness (QED) is 0.888. The number of amides is 1. The maximum Gasteiger partial charge on any atom is 0.224 e. The smallest absolute Gasteiger partial charge is 0.224 e. The largest absolute Gasteiger partial charge is 0.355 e. The first kappa shape index (κ1) is 15.9. The molecule has 1 aliphatic rings. The number of hydrogen-bond acceptors (Lipinski definition) is 2. The van der Waals surface area contributed by atoms with Crippen LogP contribution >= 0.6 is 12.4 Å². The Morgan fingerprint density at radius 1 is 1.42 bits per heavy atom. The summed E-state index contributed by atoms with van der Waals surface area (Å²) < 4.78 is 13.3. The zero-order valence-corrected chi connectivity index (χ0v) is 11.6. The molecule has 1 heterocycles. The van der Waals surface area contributed by atoms with Crippen molar-refractivity contribution >= 4 is 18.3 Å². The third kappa shape index (κ3) is 4.80. The van der Waals surface area contributed by atoms with Crippen LogP contribution in [0.2, 0.25) is 0 Å². The van der Waals surface area contributed by atoms with Crippen LogP contribution < -0.4 is 10.6 Å². The molecule has 5 heteroatoms. The molecule has 3 nitrogen and oxygen atoms in total. The van der Waals surface area contributed by atoms with E-state index in [1.807, 2.05) is 6.07 Å². The van der Waals surface area contributed by atoms with E-state index in [-0.39, 0.29) is 30.0 Å². The highest BCUT2D eigenvalue weighted by Crippen LogP contribution is 2.10. The van der Waals surface area contributed by atoms with Gasteiger partial charge in [0.2, 0.25) is 5.91 Å². The van der Waals surface area contributed by atoms with Crippen LogP contribution in [0.15, 0.2) is 24.3 Å². The van der Waals surface area contributed by atoms with Crippen molar-refractivity contribution in [3.05, 3.63) is 35.6 Å². The maximum atomic E-state index is 13.3. The Labute approximate surface area is 119 Å². The van der Waals surface area contributed by atoms with Crippen LogP contribution in [0.5, 0.6) is 0 Å². The summed E-state index contributed by atoms with van der Waals surface area (Å²) in [5.74, 6) is -0.0519. The van der Waals surface area contributed by atoms with Gasteiger partial charge in [-0.15, -0.1) is 12.4 Å². The van der Waals surface area contributed by atoms with E-state index in [4.69, 9.17) is 0 Å². The third-order valence-corrected chi connectivity index (χ3v) is 3.32. The van der Waals surface area contributed by atoms with Gasteiger partial charge in [-0.1, -0.05) is 18.2 Å². The molecular weight excluding hydrogens is 267 g/mol. The van der Waals surface area contributed by atoms with Crippen LogP contribution in [0, 0.1) is 11.7 Å². The minimum Gasteiger partial charge on any atom is -0.355 e. The van der Waals surface area contributed by atoms with Gasteiger partial charge in [0, 0.05) is 13.1 Å². The predicted molar refractivity (Wildman–Crippen MR) is 76.0 cm³/mol. The second-order valence-electron chi connectivity index (χ2n) is 4.68. The molecule has 1 saturated heterocycles. The van der Waals surface area contributed by atoms with Crippen LogP contribution in [0.25, 0.3) is 0 Å². The van der Waals surface area contributed by atoms with Crippen molar-refractivity contribution in [2.45, 2.75) is 19.3 Å². The molecule has 106 valence electrons. The van der Waals surface area contributed by atoms with Crippen molar-refractivity contribution in [2.24, 2.45) is 5.92 Å². The van der Waals surface area contributed by atoms with Crippen molar-refractivity contribution in [3.63, 3.8) is 0 Å². The van der Waals surface area contributed by atoms with E-state index in [0.29, 0.717) is 18.5 Å². The van der Waals surface area contributed by atoms with Gasteiger partial charge in [0.25, 0.3) is 0 Å². The molecule has 19 heavy (non-hydrogen) atoms. The number of benzene rings is 1. The van der Waals surface area contributed by atoms with E-state index < -0.39 is 0 Å². The number of nitrogens with one attached hydrogen (secondary N) is 2. The van der Waals surface area contributed by atoms with Crippen molar-refractivity contribution in [1.82, 2.24) is 10.6 Å². The zero-order valence-electron chi connectivity index (χ0n) is 10.8. The van der Waals surface area contributed by atoms with Gasteiger partial charge in [-0.05, 0) is 37.4 Å². The van der Waals surface area contributed by atoms with Crippen LogP contribution in [-0.4, -0.2) is 25.5 Å². The van der Waals surface area contributed by atoms with Gasteiger partial charge in [-0.3, -0.25) is 4.79 Å². The maximum absolute atomic E-state index is 13.3. The Hall–Kier alpha value is -1.13. The molecule has 1 aromatic carbocycles. The molecule has 0 saturated carbocycles. The van der Waals surface area contributed by atoms with E-state index in [1.165, 1.54) is 6.07 Å². The fourth-order valence-electron chi connectivity index (χ4n) is 2.24. The van der Waals surface area contributed by atoms with Crippen LogP contribution in [0.3, 0.4) is 0 Å². The van der Waals surface area contributed by atoms with Gasteiger partial charge in [-0.2, -0.15) is 0 Å². The van der Waals surface area contributed by atoms with Gasteiger partial charge < -0.3 is 10.6 Å². The highest BCUT2D eigenvalue weighted by Gasteiger charge is 2.20. The lowest BCUT2D eigenvalue weighted by molar-refractivity contribution is -0.125. The summed E-state index contributed by atoms with van der Waals surface area (Å²) >= 11 is 0. The lowest BCUT2D eigenvalue weighted by atomic mass is 9.99. The number of rotatable bonds is 4. The number of piperidine rings is 1. The van der Waals surface area contributed by atoms with Crippen LogP contribution in [-0.2, 0) is 11.2 Å². The minimum atomic E-state index is -0.203. The first-order valence-electron chi connectivity index (χ1n) is 6.49. The monoisotopic (exact) mass is 286 g/mol. The van der Waals surface area contributed by atoms with E-state index in [2.05, 4.69) is 10.6 Å². The summed E-state index contributed by atoms with van der Waals surface area (Å²) in [6, 6.07) is 6.68. The van der Waals surface area contributed by atoms with E-state index in [9.17, 15) is 9.18 Å². The molecule has 1 atom stereocenters. The van der Waals surface area contributed by atoms with Crippen LogP contribution in [0.4, 0.5) is 4.39 Å². The number of hydrogen-bond donors (Lipinski definition) is 2. The van der Waals surface area contributed by atoms with E-state index in [1.54, 1.807) is 12.1 Å². The molecule has 1 unspecified atom stereocenters. The molecule has 1 aromatic rings. The van der Waals surface area contributed by atoms with Crippen molar-refractivity contribution < 1.29 is 9.18 Å². The Kier molecular flexibility index (Phi) is 6.81. The number of carbonyl (C=O) groups excluding carboxylic acids is 1. The Bertz CT molecular complexity index is 408.